The lowest BCUT2D eigenvalue weighted by atomic mass is 9.95. The first-order chi connectivity index (χ1) is 7.38. The number of hydrogen-bond acceptors (Lipinski definition) is 2. The second-order valence-corrected chi connectivity index (χ2v) is 5.90. The van der Waals surface area contributed by atoms with E-state index in [-0.39, 0.29) is 23.3 Å². The fraction of sp³-hybridized carbons (Fsp3) is 0.833. The molecule has 0 aromatic carbocycles. The standard InChI is InChI=1S/C12H20N2O2/c1-12(2,3)11(16)13-8-6-10(15)14(7-8)9-4-5-9/h8-9H,4-7H2,1-3H3,(H,13,16)/t8-/m0/s1. The Labute approximate surface area is 96.4 Å². The fourth-order valence-electron chi connectivity index (χ4n) is 1.97. The second-order valence-electron chi connectivity index (χ2n) is 5.90. The summed E-state index contributed by atoms with van der Waals surface area (Å²) < 4.78 is 0. The highest BCUT2D eigenvalue weighted by atomic mass is 16.2. The average molecular weight is 224 g/mol. The number of amides is 2. The molecule has 0 spiro atoms. The van der Waals surface area contributed by atoms with Crippen LogP contribution in [0.1, 0.15) is 40.0 Å². The lowest BCUT2D eigenvalue weighted by Gasteiger charge is -2.21. The Morgan fingerprint density at radius 1 is 1.38 bits per heavy atom. The smallest absolute Gasteiger partial charge is 0.225 e. The van der Waals surface area contributed by atoms with Crippen molar-refractivity contribution in [1.82, 2.24) is 10.2 Å². The van der Waals surface area contributed by atoms with Gasteiger partial charge in [0.15, 0.2) is 0 Å². The van der Waals surface area contributed by atoms with Crippen LogP contribution in [0.15, 0.2) is 0 Å². The summed E-state index contributed by atoms with van der Waals surface area (Å²) >= 11 is 0. The van der Waals surface area contributed by atoms with E-state index in [4.69, 9.17) is 0 Å². The quantitative estimate of drug-likeness (QED) is 0.758. The average Bonchev–Trinajstić information content (AvgIpc) is 2.90. The first-order valence-electron chi connectivity index (χ1n) is 5.98. The Hall–Kier alpha value is -1.06. The Balaban J connectivity index is 1.88. The fourth-order valence-corrected chi connectivity index (χ4v) is 1.97. The maximum atomic E-state index is 11.8. The third-order valence-corrected chi connectivity index (χ3v) is 3.16. The number of rotatable bonds is 2. The summed E-state index contributed by atoms with van der Waals surface area (Å²) in [6, 6.07) is 0.476. The van der Waals surface area contributed by atoms with E-state index < -0.39 is 0 Å². The summed E-state index contributed by atoms with van der Waals surface area (Å²) in [5, 5.41) is 2.96. The molecule has 1 heterocycles. The zero-order valence-corrected chi connectivity index (χ0v) is 10.2. The molecule has 2 fully saturated rings. The van der Waals surface area contributed by atoms with Crippen LogP contribution in [-0.2, 0) is 9.59 Å². The monoisotopic (exact) mass is 224 g/mol. The minimum atomic E-state index is -0.379. The molecule has 1 aliphatic heterocycles. The third kappa shape index (κ3) is 2.36. The first-order valence-corrected chi connectivity index (χ1v) is 5.98. The van der Waals surface area contributed by atoms with Crippen LogP contribution in [0, 0.1) is 5.41 Å². The molecule has 2 aliphatic rings. The summed E-state index contributed by atoms with van der Waals surface area (Å²) in [6.07, 6.45) is 2.73. The van der Waals surface area contributed by atoms with E-state index in [2.05, 4.69) is 5.32 Å². The number of nitrogens with zero attached hydrogens (tertiary/aromatic N) is 1. The van der Waals surface area contributed by atoms with Gasteiger partial charge in [-0.05, 0) is 12.8 Å². The molecule has 0 aromatic rings. The van der Waals surface area contributed by atoms with E-state index in [0.717, 1.165) is 12.8 Å². The highest BCUT2D eigenvalue weighted by molar-refractivity contribution is 5.84. The Kier molecular flexibility index (Phi) is 2.68. The SMILES string of the molecule is CC(C)(C)C(=O)N[C@H]1CC(=O)N(C2CC2)C1. The van der Waals surface area contributed by atoms with Crippen LogP contribution in [0.4, 0.5) is 0 Å². The number of nitrogens with one attached hydrogen (secondary N) is 1. The summed E-state index contributed by atoms with van der Waals surface area (Å²) in [4.78, 5) is 25.4. The molecule has 1 aliphatic carbocycles. The molecule has 0 aromatic heterocycles. The molecule has 2 rings (SSSR count). The molecule has 1 atom stereocenters. The van der Waals surface area contributed by atoms with Gasteiger partial charge in [0.1, 0.15) is 0 Å². The third-order valence-electron chi connectivity index (χ3n) is 3.16. The molecule has 90 valence electrons. The lowest BCUT2D eigenvalue weighted by Crippen LogP contribution is -2.43. The Morgan fingerprint density at radius 2 is 2.00 bits per heavy atom. The van der Waals surface area contributed by atoms with Crippen LogP contribution in [-0.4, -0.2) is 35.3 Å². The van der Waals surface area contributed by atoms with Gasteiger partial charge < -0.3 is 10.2 Å². The molecular formula is C12H20N2O2. The van der Waals surface area contributed by atoms with Crippen LogP contribution >= 0.6 is 0 Å². The molecule has 1 N–H and O–H groups in total. The molecule has 2 amide bonds. The number of carbonyl (C=O) groups excluding carboxylic acids is 2. The van der Waals surface area contributed by atoms with Crippen molar-refractivity contribution < 1.29 is 9.59 Å². The first kappa shape index (κ1) is 11.4. The van der Waals surface area contributed by atoms with E-state index in [9.17, 15) is 9.59 Å². The van der Waals surface area contributed by atoms with Gasteiger partial charge in [-0.15, -0.1) is 0 Å². The van der Waals surface area contributed by atoms with Crippen LogP contribution in [0.2, 0.25) is 0 Å². The van der Waals surface area contributed by atoms with Crippen LogP contribution in [0.5, 0.6) is 0 Å². The van der Waals surface area contributed by atoms with Gasteiger partial charge in [-0.25, -0.2) is 0 Å². The van der Waals surface area contributed by atoms with E-state index in [0.29, 0.717) is 19.0 Å². The number of likely N-dealkylation sites (tertiary alicyclic amines) is 1. The van der Waals surface area contributed by atoms with Gasteiger partial charge in [0.05, 0.1) is 6.04 Å². The Morgan fingerprint density at radius 3 is 2.50 bits per heavy atom. The van der Waals surface area contributed by atoms with E-state index in [1.54, 1.807) is 0 Å². The molecule has 0 unspecified atom stereocenters. The molecule has 1 saturated heterocycles. The molecule has 4 nitrogen and oxygen atoms in total. The van der Waals surface area contributed by atoms with Crippen molar-refractivity contribution in [3.63, 3.8) is 0 Å². The van der Waals surface area contributed by atoms with Gasteiger partial charge in [0.25, 0.3) is 0 Å². The lowest BCUT2D eigenvalue weighted by molar-refractivity contribution is -0.129. The number of carbonyl (C=O) groups is 2. The summed E-state index contributed by atoms with van der Waals surface area (Å²) in [5.41, 5.74) is -0.379. The van der Waals surface area contributed by atoms with E-state index in [1.807, 2.05) is 25.7 Å². The molecule has 0 bridgehead atoms. The van der Waals surface area contributed by atoms with Crippen molar-refractivity contribution in [3.05, 3.63) is 0 Å². The molecule has 16 heavy (non-hydrogen) atoms. The van der Waals surface area contributed by atoms with Crippen molar-refractivity contribution in [1.29, 1.82) is 0 Å². The van der Waals surface area contributed by atoms with Crippen LogP contribution in [0.3, 0.4) is 0 Å². The molecular weight excluding hydrogens is 204 g/mol. The van der Waals surface area contributed by atoms with Crippen molar-refractivity contribution in [2.24, 2.45) is 5.41 Å². The minimum absolute atomic E-state index is 0.0137. The molecule has 0 radical (unpaired) electrons. The highest BCUT2D eigenvalue weighted by Crippen LogP contribution is 2.30. The van der Waals surface area contributed by atoms with Gasteiger partial charge >= 0.3 is 0 Å². The van der Waals surface area contributed by atoms with E-state index in [1.165, 1.54) is 0 Å². The van der Waals surface area contributed by atoms with Gasteiger partial charge in [-0.3, -0.25) is 9.59 Å². The molecule has 4 heteroatoms. The van der Waals surface area contributed by atoms with Gasteiger partial charge in [0, 0.05) is 24.4 Å². The van der Waals surface area contributed by atoms with Gasteiger partial charge in [-0.2, -0.15) is 0 Å². The normalized spacial score (nSPS) is 26.1. The zero-order chi connectivity index (χ0) is 11.9. The minimum Gasteiger partial charge on any atom is -0.351 e. The van der Waals surface area contributed by atoms with Crippen molar-refractivity contribution in [3.8, 4) is 0 Å². The highest BCUT2D eigenvalue weighted by Gasteiger charge is 2.40. The summed E-state index contributed by atoms with van der Waals surface area (Å²) in [6.45, 7) is 6.36. The van der Waals surface area contributed by atoms with Crippen molar-refractivity contribution >= 4 is 11.8 Å². The molecule has 1 saturated carbocycles. The largest absolute Gasteiger partial charge is 0.351 e. The predicted octanol–water partition coefficient (Wildman–Crippen LogP) is 0.912. The zero-order valence-electron chi connectivity index (χ0n) is 10.2. The van der Waals surface area contributed by atoms with Crippen LogP contribution in [0.25, 0.3) is 0 Å². The van der Waals surface area contributed by atoms with E-state index >= 15 is 0 Å². The van der Waals surface area contributed by atoms with Crippen molar-refractivity contribution in [2.75, 3.05) is 6.54 Å². The Bertz CT molecular complexity index is 315. The summed E-state index contributed by atoms with van der Waals surface area (Å²) in [7, 11) is 0. The van der Waals surface area contributed by atoms with Gasteiger partial charge in [0.2, 0.25) is 11.8 Å². The van der Waals surface area contributed by atoms with Gasteiger partial charge in [-0.1, -0.05) is 20.8 Å². The topological polar surface area (TPSA) is 49.4 Å². The second kappa shape index (κ2) is 3.75. The predicted molar refractivity (Wildman–Crippen MR) is 60.7 cm³/mol. The summed E-state index contributed by atoms with van der Waals surface area (Å²) in [5.74, 6) is 0.227. The number of hydrogen-bond donors (Lipinski definition) is 1. The maximum Gasteiger partial charge on any atom is 0.225 e. The maximum absolute atomic E-state index is 11.8. The van der Waals surface area contributed by atoms with Crippen molar-refractivity contribution in [2.45, 2.75) is 52.1 Å². The van der Waals surface area contributed by atoms with Crippen LogP contribution < -0.4 is 5.32 Å².